The third kappa shape index (κ3) is 3.61. The van der Waals surface area contributed by atoms with Crippen LogP contribution in [0, 0.1) is 0 Å². The van der Waals surface area contributed by atoms with Gasteiger partial charge >= 0.3 is 0 Å². The van der Waals surface area contributed by atoms with Gasteiger partial charge in [0.1, 0.15) is 5.75 Å². The van der Waals surface area contributed by atoms with Crippen LogP contribution in [0.4, 0.5) is 5.69 Å². The second-order valence-electron chi connectivity index (χ2n) is 6.63. The number of carbonyl (C=O) groups is 1. The highest BCUT2D eigenvalue weighted by Crippen LogP contribution is 2.36. The van der Waals surface area contributed by atoms with Crippen LogP contribution >= 0.6 is 0 Å². The van der Waals surface area contributed by atoms with Crippen molar-refractivity contribution < 1.29 is 23.5 Å². The van der Waals surface area contributed by atoms with E-state index in [1.54, 1.807) is 38.4 Å². The summed E-state index contributed by atoms with van der Waals surface area (Å²) in [6, 6.07) is 12.8. The van der Waals surface area contributed by atoms with Gasteiger partial charge < -0.3 is 23.6 Å². The minimum Gasteiger partial charge on any atom is -0.497 e. The van der Waals surface area contributed by atoms with Crippen molar-refractivity contribution in [3.63, 3.8) is 0 Å². The van der Waals surface area contributed by atoms with Crippen molar-refractivity contribution in [3.05, 3.63) is 48.4 Å². The molecule has 2 heterocycles. The van der Waals surface area contributed by atoms with Crippen molar-refractivity contribution >= 4 is 11.6 Å². The zero-order valence-corrected chi connectivity index (χ0v) is 16.4. The average Bonchev–Trinajstić information content (AvgIpc) is 3.40. The predicted octanol–water partition coefficient (Wildman–Crippen LogP) is 3.28. The number of hydrogen-bond acceptors (Lipinski definition) is 7. The Hall–Kier alpha value is -3.55. The third-order valence-electron chi connectivity index (χ3n) is 4.94. The summed E-state index contributed by atoms with van der Waals surface area (Å²) in [4.78, 5) is 18.8. The first-order valence-electron chi connectivity index (χ1n) is 9.13. The molecule has 3 aromatic rings. The molecule has 0 radical (unpaired) electrons. The Bertz CT molecular complexity index is 1020. The Labute approximate surface area is 168 Å². The average molecular weight is 395 g/mol. The fourth-order valence-electron chi connectivity index (χ4n) is 3.37. The number of aromatic nitrogens is 2. The maximum absolute atomic E-state index is 12.6. The van der Waals surface area contributed by atoms with Gasteiger partial charge in [-0.25, -0.2) is 0 Å². The summed E-state index contributed by atoms with van der Waals surface area (Å²) in [5.41, 5.74) is 1.56. The van der Waals surface area contributed by atoms with Gasteiger partial charge in [-0.15, -0.1) is 0 Å². The smallest absolute Gasteiger partial charge is 0.232 e. The van der Waals surface area contributed by atoms with Crippen LogP contribution in [0.2, 0.25) is 0 Å². The van der Waals surface area contributed by atoms with Crippen LogP contribution in [-0.2, 0) is 4.79 Å². The van der Waals surface area contributed by atoms with Gasteiger partial charge in [0.25, 0.3) is 0 Å². The normalized spacial score (nSPS) is 16.2. The zero-order chi connectivity index (χ0) is 20.4. The molecule has 1 aliphatic rings. The Morgan fingerprint density at radius 2 is 1.76 bits per heavy atom. The first kappa shape index (κ1) is 18.8. The second kappa shape index (κ2) is 7.83. The van der Waals surface area contributed by atoms with Gasteiger partial charge in [0.2, 0.25) is 17.6 Å². The van der Waals surface area contributed by atoms with E-state index in [1.165, 1.54) is 0 Å². The molecule has 0 spiro atoms. The van der Waals surface area contributed by atoms with E-state index in [1.807, 2.05) is 30.3 Å². The molecule has 0 saturated carbocycles. The first-order chi connectivity index (χ1) is 14.1. The van der Waals surface area contributed by atoms with Gasteiger partial charge in [0, 0.05) is 30.3 Å². The Kier molecular flexibility index (Phi) is 5.07. The van der Waals surface area contributed by atoms with Gasteiger partial charge in [-0.2, -0.15) is 4.98 Å². The molecule has 8 heteroatoms. The maximum Gasteiger partial charge on any atom is 0.232 e. The Balaban J connectivity index is 1.53. The molecule has 29 heavy (non-hydrogen) atoms. The number of nitrogens with zero attached hydrogens (tertiary/aromatic N) is 3. The minimum atomic E-state index is -0.171. The highest BCUT2D eigenvalue weighted by Gasteiger charge is 2.35. The topological polar surface area (TPSA) is 86.9 Å². The van der Waals surface area contributed by atoms with Gasteiger partial charge in [0.15, 0.2) is 11.5 Å². The van der Waals surface area contributed by atoms with Crippen molar-refractivity contribution in [2.45, 2.75) is 12.3 Å². The summed E-state index contributed by atoms with van der Waals surface area (Å²) in [5, 5.41) is 4.07. The fraction of sp³-hybridized carbons (Fsp3) is 0.286. The second-order valence-corrected chi connectivity index (χ2v) is 6.63. The summed E-state index contributed by atoms with van der Waals surface area (Å²) >= 11 is 0. The quantitative estimate of drug-likeness (QED) is 0.633. The lowest BCUT2D eigenvalue weighted by molar-refractivity contribution is -0.117. The number of ether oxygens (including phenoxy) is 3. The molecule has 0 N–H and O–H groups in total. The molecule has 1 fully saturated rings. The molecule has 1 aromatic heterocycles. The molecule has 4 rings (SSSR count). The zero-order valence-electron chi connectivity index (χ0n) is 16.4. The SMILES string of the molecule is COc1ccc(-c2noc([C@@H]3CC(=O)N(c4ccc(OC)c(OC)c4)C3)n2)cc1. The van der Waals surface area contributed by atoms with Crippen LogP contribution in [0.1, 0.15) is 18.2 Å². The number of rotatable bonds is 6. The molecule has 0 unspecified atom stereocenters. The van der Waals surface area contributed by atoms with E-state index in [9.17, 15) is 4.79 Å². The molecule has 0 aliphatic carbocycles. The van der Waals surface area contributed by atoms with E-state index in [2.05, 4.69) is 10.1 Å². The van der Waals surface area contributed by atoms with Crippen LogP contribution in [0.5, 0.6) is 17.2 Å². The molecular formula is C21H21N3O5. The number of methoxy groups -OCH3 is 3. The number of anilines is 1. The highest BCUT2D eigenvalue weighted by atomic mass is 16.5. The Morgan fingerprint density at radius 1 is 1.00 bits per heavy atom. The first-order valence-corrected chi connectivity index (χ1v) is 9.13. The third-order valence-corrected chi connectivity index (χ3v) is 4.94. The van der Waals surface area contributed by atoms with Crippen molar-refractivity contribution in [2.75, 3.05) is 32.8 Å². The summed E-state index contributed by atoms with van der Waals surface area (Å²) in [6.45, 7) is 0.457. The minimum absolute atomic E-state index is 0.00795. The number of amides is 1. The van der Waals surface area contributed by atoms with E-state index in [-0.39, 0.29) is 11.8 Å². The van der Waals surface area contributed by atoms with Crippen molar-refractivity contribution in [1.29, 1.82) is 0 Å². The van der Waals surface area contributed by atoms with Gasteiger partial charge in [-0.1, -0.05) is 5.16 Å². The van der Waals surface area contributed by atoms with E-state index in [0.29, 0.717) is 36.2 Å². The standard InChI is InChI=1S/C21H21N3O5/c1-26-16-7-4-13(5-8-16)20-22-21(29-23-20)14-10-19(25)24(12-14)15-6-9-17(27-2)18(11-15)28-3/h4-9,11,14H,10,12H2,1-3H3/t14-/m1/s1. The highest BCUT2D eigenvalue weighted by molar-refractivity contribution is 5.96. The van der Waals surface area contributed by atoms with Gasteiger partial charge in [0.05, 0.1) is 27.2 Å². The predicted molar refractivity (Wildman–Crippen MR) is 106 cm³/mol. The van der Waals surface area contributed by atoms with Crippen LogP contribution in [0.15, 0.2) is 47.0 Å². The molecule has 0 bridgehead atoms. The monoisotopic (exact) mass is 395 g/mol. The lowest BCUT2D eigenvalue weighted by Crippen LogP contribution is -2.24. The lowest BCUT2D eigenvalue weighted by atomic mass is 10.1. The maximum atomic E-state index is 12.6. The summed E-state index contributed by atoms with van der Waals surface area (Å²) in [5.74, 6) is 2.69. The molecule has 8 nitrogen and oxygen atoms in total. The number of benzene rings is 2. The fourth-order valence-corrected chi connectivity index (χ4v) is 3.37. The summed E-state index contributed by atoms with van der Waals surface area (Å²) < 4.78 is 21.2. The number of carbonyl (C=O) groups excluding carboxylic acids is 1. The van der Waals surface area contributed by atoms with Crippen LogP contribution in [-0.4, -0.2) is 43.9 Å². The van der Waals surface area contributed by atoms with E-state index >= 15 is 0 Å². The lowest BCUT2D eigenvalue weighted by Gasteiger charge is -2.18. The molecule has 1 amide bonds. The molecular weight excluding hydrogens is 374 g/mol. The molecule has 150 valence electrons. The Morgan fingerprint density at radius 3 is 2.45 bits per heavy atom. The van der Waals surface area contributed by atoms with Crippen LogP contribution in [0.25, 0.3) is 11.4 Å². The van der Waals surface area contributed by atoms with Crippen molar-refractivity contribution in [1.82, 2.24) is 10.1 Å². The van der Waals surface area contributed by atoms with Crippen molar-refractivity contribution in [3.8, 4) is 28.6 Å². The van der Waals surface area contributed by atoms with Crippen LogP contribution in [0.3, 0.4) is 0 Å². The van der Waals surface area contributed by atoms with Crippen molar-refractivity contribution in [2.24, 2.45) is 0 Å². The number of hydrogen-bond donors (Lipinski definition) is 0. The van der Waals surface area contributed by atoms with Gasteiger partial charge in [-0.05, 0) is 36.4 Å². The van der Waals surface area contributed by atoms with E-state index < -0.39 is 0 Å². The summed E-state index contributed by atoms with van der Waals surface area (Å²) in [6.07, 6.45) is 0.304. The molecule has 2 aromatic carbocycles. The largest absolute Gasteiger partial charge is 0.497 e. The van der Waals surface area contributed by atoms with Crippen LogP contribution < -0.4 is 19.1 Å². The summed E-state index contributed by atoms with van der Waals surface area (Å²) in [7, 11) is 4.75. The van der Waals surface area contributed by atoms with Gasteiger partial charge in [-0.3, -0.25) is 4.79 Å². The molecule has 1 aliphatic heterocycles. The molecule has 1 saturated heterocycles. The molecule has 1 atom stereocenters. The van der Waals surface area contributed by atoms with E-state index in [0.717, 1.165) is 17.0 Å². The van der Waals surface area contributed by atoms with E-state index in [4.69, 9.17) is 18.7 Å².